The molecule has 0 amide bonds. The molecule has 1 aromatic carbocycles. The normalized spacial score (nSPS) is 9.95. The van der Waals surface area contributed by atoms with Gasteiger partial charge in [0.25, 0.3) is 0 Å². The molecule has 1 heterocycles. The third-order valence-electron chi connectivity index (χ3n) is 2.55. The first-order valence-corrected chi connectivity index (χ1v) is 5.71. The van der Waals surface area contributed by atoms with E-state index in [0.29, 0.717) is 0 Å². The van der Waals surface area contributed by atoms with Gasteiger partial charge in [0.1, 0.15) is 5.75 Å². The first kappa shape index (κ1) is 14.3. The van der Waals surface area contributed by atoms with Gasteiger partial charge in [0.15, 0.2) is 17.2 Å². The molecule has 0 aliphatic rings. The minimum Gasteiger partial charge on any atom is -0.490 e. The molecule has 0 radical (unpaired) electrons. The lowest BCUT2D eigenvalue weighted by atomic mass is 10.2. The molecule has 0 aliphatic carbocycles. The van der Waals surface area contributed by atoms with Crippen molar-refractivity contribution >= 4 is 11.7 Å². The molecule has 0 bridgehead atoms. The van der Waals surface area contributed by atoms with Crippen molar-refractivity contribution in [2.45, 2.75) is 0 Å². The smallest absolute Gasteiger partial charge is 0.358 e. The molecule has 21 heavy (non-hydrogen) atoms. The molecular formula is C13H10N2O6. The number of nitrogens with zero attached hydrogens (tertiary/aromatic N) is 2. The van der Waals surface area contributed by atoms with Crippen LogP contribution < -0.4 is 9.47 Å². The highest BCUT2D eigenvalue weighted by atomic mass is 16.6. The molecule has 0 spiro atoms. The number of pyridine rings is 1. The van der Waals surface area contributed by atoms with E-state index < -0.39 is 10.9 Å². The summed E-state index contributed by atoms with van der Waals surface area (Å²) < 4.78 is 10.2. The Kier molecular flexibility index (Phi) is 3.98. The van der Waals surface area contributed by atoms with E-state index in [-0.39, 0.29) is 28.6 Å². The first-order valence-electron chi connectivity index (χ1n) is 5.71. The van der Waals surface area contributed by atoms with Crippen LogP contribution in [-0.2, 0) is 0 Å². The van der Waals surface area contributed by atoms with Gasteiger partial charge in [0, 0.05) is 6.20 Å². The molecule has 1 aromatic heterocycles. The second-order valence-electron chi connectivity index (χ2n) is 3.85. The van der Waals surface area contributed by atoms with Crippen LogP contribution in [0.1, 0.15) is 10.5 Å². The van der Waals surface area contributed by atoms with Gasteiger partial charge in [-0.05, 0) is 24.3 Å². The molecule has 8 heteroatoms. The van der Waals surface area contributed by atoms with Gasteiger partial charge >= 0.3 is 11.7 Å². The lowest BCUT2D eigenvalue weighted by molar-refractivity contribution is -0.385. The van der Waals surface area contributed by atoms with E-state index in [1.54, 1.807) is 0 Å². The van der Waals surface area contributed by atoms with E-state index in [9.17, 15) is 14.9 Å². The van der Waals surface area contributed by atoms with Gasteiger partial charge in [-0.25, -0.2) is 9.78 Å². The highest BCUT2D eigenvalue weighted by Gasteiger charge is 2.18. The van der Waals surface area contributed by atoms with Gasteiger partial charge < -0.3 is 14.6 Å². The second kappa shape index (κ2) is 5.87. The van der Waals surface area contributed by atoms with Crippen LogP contribution >= 0.6 is 0 Å². The van der Waals surface area contributed by atoms with E-state index in [0.717, 1.165) is 6.07 Å². The van der Waals surface area contributed by atoms with Crippen molar-refractivity contribution in [1.82, 2.24) is 4.98 Å². The van der Waals surface area contributed by atoms with Crippen LogP contribution in [0.5, 0.6) is 17.2 Å². The second-order valence-corrected chi connectivity index (χ2v) is 3.85. The zero-order chi connectivity index (χ0) is 15.4. The highest BCUT2D eigenvalue weighted by molar-refractivity contribution is 5.88. The Morgan fingerprint density at radius 2 is 2.10 bits per heavy atom. The summed E-state index contributed by atoms with van der Waals surface area (Å²) in [5, 5.41) is 19.9. The third-order valence-corrected chi connectivity index (χ3v) is 2.55. The van der Waals surface area contributed by atoms with Gasteiger partial charge in [0.2, 0.25) is 0 Å². The van der Waals surface area contributed by atoms with Crippen LogP contribution in [0, 0.1) is 10.1 Å². The number of methoxy groups -OCH3 is 1. The molecule has 0 saturated heterocycles. The fraction of sp³-hybridized carbons (Fsp3) is 0.0769. The number of ether oxygens (including phenoxy) is 2. The van der Waals surface area contributed by atoms with Crippen LogP contribution in [-0.4, -0.2) is 28.1 Å². The van der Waals surface area contributed by atoms with Gasteiger partial charge in [-0.3, -0.25) is 10.1 Å². The van der Waals surface area contributed by atoms with Crippen LogP contribution in [0.15, 0.2) is 36.5 Å². The Morgan fingerprint density at radius 1 is 1.33 bits per heavy atom. The number of carboxylic acid groups (broad SMARTS) is 1. The van der Waals surface area contributed by atoms with Crippen LogP contribution in [0.25, 0.3) is 0 Å². The number of benzene rings is 1. The highest BCUT2D eigenvalue weighted by Crippen LogP contribution is 2.33. The Morgan fingerprint density at radius 3 is 2.71 bits per heavy atom. The van der Waals surface area contributed by atoms with Crippen LogP contribution in [0.2, 0.25) is 0 Å². The van der Waals surface area contributed by atoms with E-state index in [4.69, 9.17) is 14.6 Å². The predicted octanol–water partition coefficient (Wildman–Crippen LogP) is 2.49. The number of rotatable bonds is 5. The van der Waals surface area contributed by atoms with Crippen molar-refractivity contribution in [3.8, 4) is 17.2 Å². The lowest BCUT2D eigenvalue weighted by Gasteiger charge is -2.08. The summed E-state index contributed by atoms with van der Waals surface area (Å²) in [5.41, 5.74) is -0.563. The van der Waals surface area contributed by atoms with Gasteiger partial charge in [0.05, 0.1) is 18.1 Å². The molecule has 0 saturated carbocycles. The lowest BCUT2D eigenvalue weighted by Crippen LogP contribution is -2.03. The number of nitro benzene ring substituents is 1. The topological polar surface area (TPSA) is 112 Å². The zero-order valence-corrected chi connectivity index (χ0v) is 10.8. The van der Waals surface area contributed by atoms with Crippen LogP contribution in [0.3, 0.4) is 0 Å². The molecule has 1 N–H and O–H groups in total. The first-order chi connectivity index (χ1) is 10.0. The van der Waals surface area contributed by atoms with Crippen molar-refractivity contribution < 1.29 is 24.3 Å². The van der Waals surface area contributed by atoms with Gasteiger partial charge in [-0.2, -0.15) is 0 Å². The van der Waals surface area contributed by atoms with Crippen LogP contribution in [0.4, 0.5) is 5.69 Å². The summed E-state index contributed by atoms with van der Waals surface area (Å²) in [7, 11) is 1.31. The van der Waals surface area contributed by atoms with Gasteiger partial charge in [-0.15, -0.1) is 0 Å². The molecular weight excluding hydrogens is 280 g/mol. The third kappa shape index (κ3) is 3.06. The molecule has 0 unspecified atom stereocenters. The van der Waals surface area contributed by atoms with Crippen molar-refractivity contribution in [2.75, 3.05) is 7.11 Å². The summed E-state index contributed by atoms with van der Waals surface area (Å²) in [6.45, 7) is 0. The van der Waals surface area contributed by atoms with E-state index in [2.05, 4.69) is 4.98 Å². The molecule has 0 fully saturated rings. The van der Waals surface area contributed by atoms with E-state index in [1.807, 2.05) is 0 Å². The number of hydrogen-bond donors (Lipinski definition) is 1. The quantitative estimate of drug-likeness (QED) is 0.664. The summed E-state index contributed by atoms with van der Waals surface area (Å²) in [5.74, 6) is -1.08. The number of nitro groups is 1. The number of aromatic nitrogens is 1. The van der Waals surface area contributed by atoms with Crippen molar-refractivity contribution in [3.05, 3.63) is 52.3 Å². The average molecular weight is 290 g/mol. The molecule has 0 atom stereocenters. The van der Waals surface area contributed by atoms with Crippen molar-refractivity contribution in [3.63, 3.8) is 0 Å². The number of hydrogen-bond acceptors (Lipinski definition) is 6. The molecule has 0 aliphatic heterocycles. The fourth-order valence-corrected chi connectivity index (χ4v) is 1.64. The summed E-state index contributed by atoms with van der Waals surface area (Å²) in [6.07, 6.45) is 1.31. The Labute approximate surface area is 118 Å². The molecule has 108 valence electrons. The molecule has 8 nitrogen and oxygen atoms in total. The predicted molar refractivity (Wildman–Crippen MR) is 70.9 cm³/mol. The monoisotopic (exact) mass is 290 g/mol. The Bertz CT molecular complexity index is 701. The maximum atomic E-state index is 11.0. The number of aromatic carboxylic acids is 1. The minimum absolute atomic E-state index is 0.00975. The summed E-state index contributed by atoms with van der Waals surface area (Å²) in [6, 6.07) is 6.86. The largest absolute Gasteiger partial charge is 0.490 e. The maximum absolute atomic E-state index is 11.0. The fourth-order valence-electron chi connectivity index (χ4n) is 1.64. The van der Waals surface area contributed by atoms with E-state index >= 15 is 0 Å². The zero-order valence-electron chi connectivity index (χ0n) is 10.8. The average Bonchev–Trinajstić information content (AvgIpc) is 2.47. The Balaban J connectivity index is 2.39. The standard InChI is InChI=1S/C13H10N2O6/c1-20-10-5-4-8(7-9(10)15(18)19)21-11-3-2-6-14-12(11)13(16)17/h2-7H,1H3,(H,16,17). The maximum Gasteiger partial charge on any atom is 0.358 e. The van der Waals surface area contributed by atoms with Gasteiger partial charge in [-0.1, -0.05) is 0 Å². The summed E-state index contributed by atoms with van der Waals surface area (Å²) >= 11 is 0. The molecule has 2 aromatic rings. The van der Waals surface area contributed by atoms with Crippen molar-refractivity contribution in [2.24, 2.45) is 0 Å². The molecule has 2 rings (SSSR count). The summed E-state index contributed by atoms with van der Waals surface area (Å²) in [4.78, 5) is 25.0. The Hall–Kier alpha value is -3.16. The minimum atomic E-state index is -1.26. The number of carbonyl (C=O) groups is 1. The number of carboxylic acids is 1. The van der Waals surface area contributed by atoms with Crippen molar-refractivity contribution in [1.29, 1.82) is 0 Å². The SMILES string of the molecule is COc1ccc(Oc2cccnc2C(=O)O)cc1[N+](=O)[O-]. The van der Waals surface area contributed by atoms with E-state index in [1.165, 1.54) is 37.6 Å².